The maximum absolute atomic E-state index is 11.6. The molecule has 8 nitrogen and oxygen atoms in total. The summed E-state index contributed by atoms with van der Waals surface area (Å²) in [6, 6.07) is 1.97. The number of carbonyl (C=O) groups excluding carboxylic acids is 1. The van der Waals surface area contributed by atoms with Crippen molar-refractivity contribution in [1.82, 2.24) is 15.5 Å². The Morgan fingerprint density at radius 1 is 1.68 bits per heavy atom. The van der Waals surface area contributed by atoms with Gasteiger partial charge in [-0.2, -0.15) is 10.2 Å². The summed E-state index contributed by atoms with van der Waals surface area (Å²) in [6.07, 6.45) is 1.21. The molecule has 1 amide bonds. The number of nitriles is 1. The van der Waals surface area contributed by atoms with Gasteiger partial charge in [0, 0.05) is 7.05 Å². The van der Waals surface area contributed by atoms with Crippen molar-refractivity contribution in [2.75, 3.05) is 18.1 Å². The number of nitrogens with one attached hydrogen (secondary N) is 2. The summed E-state index contributed by atoms with van der Waals surface area (Å²) in [5, 5.41) is 18.6. The quantitative estimate of drug-likeness (QED) is 0.744. The van der Waals surface area contributed by atoms with Crippen LogP contribution in [-0.2, 0) is 6.54 Å². The topological polar surface area (TPSA) is 130 Å². The van der Waals surface area contributed by atoms with Gasteiger partial charge in [-0.05, 0) is 0 Å². The number of amides is 1. The molecule has 19 heavy (non-hydrogen) atoms. The predicted octanol–water partition coefficient (Wildman–Crippen LogP) is 0.557. The molecule has 0 bridgehead atoms. The van der Waals surface area contributed by atoms with E-state index in [1.54, 1.807) is 0 Å². The van der Waals surface area contributed by atoms with Crippen molar-refractivity contribution >= 4 is 27.9 Å². The third-order valence-corrected chi connectivity index (χ3v) is 3.47. The first-order valence-corrected chi connectivity index (χ1v) is 6.02. The number of nitrogens with zero attached hydrogens (tertiary/aromatic N) is 3. The Labute approximate surface area is 112 Å². The molecular weight excluding hydrogens is 268 g/mol. The molecule has 98 valence electrons. The van der Waals surface area contributed by atoms with E-state index in [1.807, 2.05) is 6.07 Å². The van der Waals surface area contributed by atoms with E-state index in [1.165, 1.54) is 13.4 Å². The molecule has 0 aromatic carbocycles. The molecule has 0 atom stereocenters. The molecule has 0 unspecified atom stereocenters. The van der Waals surface area contributed by atoms with E-state index in [9.17, 15) is 4.79 Å². The molecule has 2 aromatic rings. The van der Waals surface area contributed by atoms with Gasteiger partial charge in [-0.1, -0.05) is 5.16 Å². The lowest BCUT2D eigenvalue weighted by Gasteiger charge is -1.99. The fourth-order valence-electron chi connectivity index (χ4n) is 1.39. The number of carbonyl (C=O) groups is 1. The smallest absolute Gasteiger partial charge is 0.263 e. The summed E-state index contributed by atoms with van der Waals surface area (Å²) >= 11 is 1.11. The number of rotatable bonds is 4. The van der Waals surface area contributed by atoms with E-state index in [2.05, 4.69) is 25.3 Å². The Hall–Kier alpha value is -2.60. The minimum absolute atomic E-state index is 0.169. The maximum atomic E-state index is 11.6. The van der Waals surface area contributed by atoms with E-state index in [-0.39, 0.29) is 23.7 Å². The van der Waals surface area contributed by atoms with Gasteiger partial charge >= 0.3 is 0 Å². The van der Waals surface area contributed by atoms with Gasteiger partial charge in [0.1, 0.15) is 21.5 Å². The van der Waals surface area contributed by atoms with Crippen LogP contribution in [-0.4, -0.2) is 23.1 Å². The summed E-state index contributed by atoms with van der Waals surface area (Å²) < 4.78 is 4.59. The first-order valence-electron chi connectivity index (χ1n) is 5.21. The zero-order valence-corrected chi connectivity index (χ0v) is 10.7. The number of aromatic nitrogens is 2. The second kappa shape index (κ2) is 5.36. The standard InChI is InChI=1S/C10H10N6O2S/c1-13-9(17)8-7(12)5(2-11)10(19-8)14-3-6-15-4-18-16-6/h4,14H,3,12H2,1H3,(H,13,17). The number of anilines is 2. The highest BCUT2D eigenvalue weighted by molar-refractivity contribution is 7.18. The molecule has 0 saturated heterocycles. The average molecular weight is 278 g/mol. The van der Waals surface area contributed by atoms with Gasteiger partial charge in [-0.15, -0.1) is 11.3 Å². The van der Waals surface area contributed by atoms with Crippen LogP contribution in [0.4, 0.5) is 10.7 Å². The molecule has 9 heteroatoms. The molecule has 0 fully saturated rings. The van der Waals surface area contributed by atoms with E-state index in [0.717, 1.165) is 11.3 Å². The molecule has 2 heterocycles. The summed E-state index contributed by atoms with van der Waals surface area (Å²) in [5.41, 5.74) is 6.19. The van der Waals surface area contributed by atoms with E-state index in [0.29, 0.717) is 15.7 Å². The Morgan fingerprint density at radius 2 is 2.47 bits per heavy atom. The normalized spacial score (nSPS) is 9.89. The average Bonchev–Trinajstić information content (AvgIpc) is 3.03. The second-order valence-corrected chi connectivity index (χ2v) is 4.46. The highest BCUT2D eigenvalue weighted by Gasteiger charge is 2.20. The van der Waals surface area contributed by atoms with Crippen molar-refractivity contribution < 1.29 is 9.32 Å². The first kappa shape index (κ1) is 12.8. The summed E-state index contributed by atoms with van der Waals surface area (Å²) in [5.74, 6) is 0.115. The number of hydrogen-bond acceptors (Lipinski definition) is 8. The van der Waals surface area contributed by atoms with Crippen LogP contribution in [0.1, 0.15) is 21.1 Å². The Kier molecular flexibility index (Phi) is 3.63. The van der Waals surface area contributed by atoms with Gasteiger partial charge in [-0.3, -0.25) is 4.79 Å². The van der Waals surface area contributed by atoms with Gasteiger partial charge in [0.2, 0.25) is 6.39 Å². The van der Waals surface area contributed by atoms with Crippen molar-refractivity contribution in [3.05, 3.63) is 22.7 Å². The minimum Gasteiger partial charge on any atom is -0.396 e. The third-order valence-electron chi connectivity index (χ3n) is 2.30. The molecule has 2 rings (SSSR count). The number of nitrogens with two attached hydrogens (primary N) is 1. The van der Waals surface area contributed by atoms with Crippen LogP contribution in [0.3, 0.4) is 0 Å². The van der Waals surface area contributed by atoms with Gasteiger partial charge < -0.3 is 20.9 Å². The fourth-order valence-corrected chi connectivity index (χ4v) is 2.40. The van der Waals surface area contributed by atoms with E-state index < -0.39 is 0 Å². The van der Waals surface area contributed by atoms with Crippen molar-refractivity contribution in [3.8, 4) is 6.07 Å². The van der Waals surface area contributed by atoms with E-state index in [4.69, 9.17) is 11.0 Å². The first-order chi connectivity index (χ1) is 9.17. The molecule has 0 aliphatic carbocycles. The summed E-state index contributed by atoms with van der Waals surface area (Å²) in [6.45, 7) is 0.276. The van der Waals surface area contributed by atoms with Crippen molar-refractivity contribution in [2.24, 2.45) is 0 Å². The summed E-state index contributed by atoms with van der Waals surface area (Å²) in [7, 11) is 1.50. The Bertz CT molecular complexity index is 627. The molecular formula is C10H10N6O2S. The van der Waals surface area contributed by atoms with Crippen molar-refractivity contribution in [2.45, 2.75) is 6.54 Å². The zero-order valence-electron chi connectivity index (χ0n) is 9.93. The second-order valence-electron chi connectivity index (χ2n) is 3.44. The van der Waals surface area contributed by atoms with Crippen LogP contribution >= 0.6 is 11.3 Å². The number of nitrogen functional groups attached to an aromatic ring is 1. The van der Waals surface area contributed by atoms with Gasteiger partial charge in [0.05, 0.1) is 12.2 Å². The van der Waals surface area contributed by atoms with Gasteiger partial charge in [0.15, 0.2) is 5.82 Å². The lowest BCUT2D eigenvalue weighted by atomic mass is 10.2. The maximum Gasteiger partial charge on any atom is 0.263 e. The zero-order chi connectivity index (χ0) is 13.8. The molecule has 0 saturated carbocycles. The van der Waals surface area contributed by atoms with Crippen molar-refractivity contribution in [1.29, 1.82) is 5.26 Å². The predicted molar refractivity (Wildman–Crippen MR) is 68.5 cm³/mol. The molecule has 2 aromatic heterocycles. The molecule has 4 N–H and O–H groups in total. The largest absolute Gasteiger partial charge is 0.396 e. The minimum atomic E-state index is -0.327. The Balaban J connectivity index is 2.25. The third kappa shape index (κ3) is 2.48. The van der Waals surface area contributed by atoms with Crippen LogP contribution < -0.4 is 16.4 Å². The SMILES string of the molecule is CNC(=O)c1sc(NCc2ncon2)c(C#N)c1N. The van der Waals surface area contributed by atoms with Crippen molar-refractivity contribution in [3.63, 3.8) is 0 Å². The monoisotopic (exact) mass is 278 g/mol. The molecule has 0 aliphatic heterocycles. The van der Waals surface area contributed by atoms with Gasteiger partial charge in [0.25, 0.3) is 5.91 Å². The number of hydrogen-bond donors (Lipinski definition) is 3. The van der Waals surface area contributed by atoms with E-state index >= 15 is 0 Å². The lowest BCUT2D eigenvalue weighted by Crippen LogP contribution is -2.17. The van der Waals surface area contributed by atoms with Crippen LogP contribution in [0.25, 0.3) is 0 Å². The fraction of sp³-hybridized carbons (Fsp3) is 0.200. The molecule has 0 spiro atoms. The molecule has 0 aliphatic rings. The Morgan fingerprint density at radius 3 is 3.05 bits per heavy atom. The van der Waals surface area contributed by atoms with Crippen LogP contribution in [0.5, 0.6) is 0 Å². The van der Waals surface area contributed by atoms with Gasteiger partial charge in [-0.25, -0.2) is 0 Å². The lowest BCUT2D eigenvalue weighted by molar-refractivity contribution is 0.0968. The highest BCUT2D eigenvalue weighted by atomic mass is 32.1. The van der Waals surface area contributed by atoms with Crippen LogP contribution in [0, 0.1) is 11.3 Å². The van der Waals surface area contributed by atoms with Crippen LogP contribution in [0.15, 0.2) is 10.9 Å². The van der Waals surface area contributed by atoms with Crippen LogP contribution in [0.2, 0.25) is 0 Å². The highest BCUT2D eigenvalue weighted by Crippen LogP contribution is 2.35. The number of thiophene rings is 1. The molecule has 0 radical (unpaired) electrons. The summed E-state index contributed by atoms with van der Waals surface area (Å²) in [4.78, 5) is 15.7.